The third-order valence-corrected chi connectivity index (χ3v) is 4.04. The number of H-pyrrole nitrogens is 1. The summed E-state index contributed by atoms with van der Waals surface area (Å²) >= 11 is 8.55. The van der Waals surface area contributed by atoms with Gasteiger partial charge >= 0.3 is 0 Å². The smallest absolute Gasteiger partial charge is 0.254 e. The Bertz CT molecular complexity index is 715. The summed E-state index contributed by atoms with van der Waals surface area (Å²) in [5.41, 5.74) is 1.44. The van der Waals surface area contributed by atoms with Crippen LogP contribution in [0.1, 0.15) is 28.9 Å². The van der Waals surface area contributed by atoms with Crippen LogP contribution in [0.5, 0.6) is 5.75 Å². The minimum absolute atomic E-state index is 0.144. The Balaban J connectivity index is 2.16. The number of methoxy groups -OCH3 is 1. The van der Waals surface area contributed by atoms with E-state index in [9.17, 15) is 4.79 Å². The molecule has 6 heteroatoms. The first-order chi connectivity index (χ1) is 10.0. The van der Waals surface area contributed by atoms with Crippen molar-refractivity contribution >= 4 is 34.1 Å². The van der Waals surface area contributed by atoms with Gasteiger partial charge in [-0.1, -0.05) is 18.3 Å². The van der Waals surface area contributed by atoms with Gasteiger partial charge < -0.3 is 15.0 Å². The lowest BCUT2D eigenvalue weighted by molar-refractivity contribution is 0.0939. The average Bonchev–Trinajstić information content (AvgIpc) is 2.47. The Kier molecular flexibility index (Phi) is 5.14. The molecule has 1 unspecified atom stereocenters. The van der Waals surface area contributed by atoms with Gasteiger partial charge in [0.05, 0.1) is 23.2 Å². The van der Waals surface area contributed by atoms with Crippen molar-refractivity contribution in [2.24, 2.45) is 0 Å². The first kappa shape index (κ1) is 15.7. The number of halogens is 1. The zero-order valence-corrected chi connectivity index (χ0v) is 14.0. The van der Waals surface area contributed by atoms with Crippen molar-refractivity contribution < 1.29 is 9.53 Å². The minimum Gasteiger partial charge on any atom is -0.496 e. The van der Waals surface area contributed by atoms with Gasteiger partial charge in [-0.2, -0.15) is 0 Å². The van der Waals surface area contributed by atoms with E-state index >= 15 is 0 Å². The van der Waals surface area contributed by atoms with Crippen LogP contribution in [0.4, 0.5) is 0 Å². The zero-order valence-electron chi connectivity index (χ0n) is 11.6. The summed E-state index contributed by atoms with van der Waals surface area (Å²) in [6.07, 6.45) is 1.70. The van der Waals surface area contributed by atoms with E-state index in [0.29, 0.717) is 10.2 Å². The highest BCUT2D eigenvalue weighted by Gasteiger charge is 2.13. The summed E-state index contributed by atoms with van der Waals surface area (Å²) < 4.78 is 6.47. The molecule has 21 heavy (non-hydrogen) atoms. The number of rotatable bonds is 4. The highest BCUT2D eigenvalue weighted by Crippen LogP contribution is 2.28. The van der Waals surface area contributed by atoms with E-state index in [1.165, 1.54) is 0 Å². The number of hydrogen-bond acceptors (Lipinski definition) is 3. The number of carbonyl (C=O) groups excluding carboxylic acids is 1. The number of aromatic nitrogens is 1. The maximum absolute atomic E-state index is 12.2. The van der Waals surface area contributed by atoms with Crippen LogP contribution in [0.2, 0.25) is 0 Å². The summed E-state index contributed by atoms with van der Waals surface area (Å²) in [7, 11) is 1.61. The van der Waals surface area contributed by atoms with Crippen LogP contribution in [-0.4, -0.2) is 18.0 Å². The standard InChI is InChI=1S/C15H15BrN2O2S/c1-9(10-5-6-13(20-2)12(16)8-10)18-14(19)11-4-3-7-17-15(11)21/h3-9H,1-2H3,(H,17,21)(H,18,19). The molecule has 0 radical (unpaired) electrons. The van der Waals surface area contributed by atoms with Gasteiger partial charge in [0.15, 0.2) is 0 Å². The van der Waals surface area contributed by atoms with Gasteiger partial charge in [0.2, 0.25) is 0 Å². The van der Waals surface area contributed by atoms with Gasteiger partial charge in [0.1, 0.15) is 10.4 Å². The first-order valence-electron chi connectivity index (χ1n) is 6.35. The van der Waals surface area contributed by atoms with Gasteiger partial charge in [-0.3, -0.25) is 4.79 Å². The van der Waals surface area contributed by atoms with E-state index in [4.69, 9.17) is 17.0 Å². The van der Waals surface area contributed by atoms with Gasteiger partial charge in [0.25, 0.3) is 5.91 Å². The molecule has 0 bridgehead atoms. The molecule has 1 heterocycles. The second-order valence-corrected chi connectivity index (χ2v) is 5.76. The number of nitrogens with one attached hydrogen (secondary N) is 2. The van der Waals surface area contributed by atoms with E-state index in [0.717, 1.165) is 15.8 Å². The highest BCUT2D eigenvalue weighted by molar-refractivity contribution is 9.10. The van der Waals surface area contributed by atoms with Crippen LogP contribution < -0.4 is 10.1 Å². The monoisotopic (exact) mass is 366 g/mol. The second-order valence-electron chi connectivity index (χ2n) is 4.50. The lowest BCUT2D eigenvalue weighted by atomic mass is 10.1. The molecule has 110 valence electrons. The number of carbonyl (C=O) groups is 1. The largest absolute Gasteiger partial charge is 0.496 e. The van der Waals surface area contributed by atoms with Crippen molar-refractivity contribution in [2.45, 2.75) is 13.0 Å². The van der Waals surface area contributed by atoms with Crippen molar-refractivity contribution in [1.29, 1.82) is 0 Å². The fourth-order valence-corrected chi connectivity index (χ4v) is 2.70. The summed E-state index contributed by atoms with van der Waals surface area (Å²) in [4.78, 5) is 15.1. The Morgan fingerprint density at radius 1 is 1.43 bits per heavy atom. The number of amides is 1. The van der Waals surface area contributed by atoms with Crippen LogP contribution in [0.25, 0.3) is 0 Å². The molecule has 2 N–H and O–H groups in total. The fraction of sp³-hybridized carbons (Fsp3) is 0.200. The molecule has 2 rings (SSSR count). The molecule has 0 saturated carbocycles. The predicted molar refractivity (Wildman–Crippen MR) is 88.2 cm³/mol. The molecule has 0 fully saturated rings. The molecular weight excluding hydrogens is 352 g/mol. The molecule has 1 atom stereocenters. The molecule has 2 aromatic rings. The Morgan fingerprint density at radius 2 is 2.19 bits per heavy atom. The topological polar surface area (TPSA) is 54.1 Å². The van der Waals surface area contributed by atoms with Gasteiger partial charge in [-0.15, -0.1) is 0 Å². The highest BCUT2D eigenvalue weighted by atomic mass is 79.9. The zero-order chi connectivity index (χ0) is 15.4. The van der Waals surface area contributed by atoms with Gasteiger partial charge in [0, 0.05) is 6.20 Å². The lowest BCUT2D eigenvalue weighted by Gasteiger charge is -2.15. The van der Waals surface area contributed by atoms with Crippen LogP contribution in [0.15, 0.2) is 41.0 Å². The van der Waals surface area contributed by atoms with Crippen LogP contribution >= 0.6 is 28.1 Å². The van der Waals surface area contributed by atoms with E-state index < -0.39 is 0 Å². The number of aromatic amines is 1. The van der Waals surface area contributed by atoms with E-state index in [-0.39, 0.29) is 11.9 Å². The molecule has 0 spiro atoms. The lowest BCUT2D eigenvalue weighted by Crippen LogP contribution is -2.27. The van der Waals surface area contributed by atoms with Crippen molar-refractivity contribution in [3.05, 3.63) is 56.8 Å². The Labute approximate surface area is 136 Å². The average molecular weight is 367 g/mol. The Morgan fingerprint density at radius 3 is 2.81 bits per heavy atom. The molecule has 0 aliphatic carbocycles. The maximum Gasteiger partial charge on any atom is 0.254 e. The molecule has 1 amide bonds. The number of ether oxygens (including phenoxy) is 1. The van der Waals surface area contributed by atoms with Gasteiger partial charge in [-0.25, -0.2) is 0 Å². The number of benzene rings is 1. The molecule has 0 saturated heterocycles. The fourth-order valence-electron chi connectivity index (χ4n) is 1.91. The van der Waals surface area contributed by atoms with Gasteiger partial charge in [-0.05, 0) is 52.7 Å². The van der Waals surface area contributed by atoms with Crippen LogP contribution in [-0.2, 0) is 0 Å². The van der Waals surface area contributed by atoms with Crippen molar-refractivity contribution in [1.82, 2.24) is 10.3 Å². The molecular formula is C15H15BrN2O2S. The van der Waals surface area contributed by atoms with E-state index in [1.807, 2.05) is 25.1 Å². The summed E-state index contributed by atoms with van der Waals surface area (Å²) in [6, 6.07) is 9.01. The Hall–Kier alpha value is -1.66. The van der Waals surface area contributed by atoms with Crippen LogP contribution in [0, 0.1) is 4.64 Å². The third kappa shape index (κ3) is 3.71. The molecule has 0 aliphatic heterocycles. The summed E-state index contributed by atoms with van der Waals surface area (Å²) in [5, 5.41) is 2.93. The molecule has 0 aliphatic rings. The van der Waals surface area contributed by atoms with Crippen LogP contribution in [0.3, 0.4) is 0 Å². The van der Waals surface area contributed by atoms with E-state index in [1.54, 1.807) is 25.4 Å². The molecule has 1 aromatic carbocycles. The summed E-state index contributed by atoms with van der Waals surface area (Å²) in [5.74, 6) is 0.555. The number of hydrogen-bond donors (Lipinski definition) is 2. The van der Waals surface area contributed by atoms with Crippen molar-refractivity contribution in [3.8, 4) is 5.75 Å². The van der Waals surface area contributed by atoms with Crippen molar-refractivity contribution in [3.63, 3.8) is 0 Å². The van der Waals surface area contributed by atoms with Crippen molar-refractivity contribution in [2.75, 3.05) is 7.11 Å². The predicted octanol–water partition coefficient (Wildman–Crippen LogP) is 4.01. The first-order valence-corrected chi connectivity index (χ1v) is 7.55. The molecule has 1 aromatic heterocycles. The third-order valence-electron chi connectivity index (χ3n) is 3.09. The molecule has 4 nitrogen and oxygen atoms in total. The normalized spacial score (nSPS) is 11.8. The van der Waals surface area contributed by atoms with E-state index in [2.05, 4.69) is 26.2 Å². The minimum atomic E-state index is -0.198. The number of pyridine rings is 1. The second kappa shape index (κ2) is 6.87. The maximum atomic E-state index is 12.2. The summed E-state index contributed by atoms with van der Waals surface area (Å²) in [6.45, 7) is 1.92. The SMILES string of the molecule is COc1ccc(C(C)NC(=O)c2ccc[nH]c2=S)cc1Br. The quantitative estimate of drug-likeness (QED) is 0.803.